The summed E-state index contributed by atoms with van der Waals surface area (Å²) < 4.78 is 0. The molecule has 1 rings (SSSR count). The molecule has 0 fully saturated rings. The van der Waals surface area contributed by atoms with Crippen LogP contribution in [0.4, 0.5) is 0 Å². The van der Waals surface area contributed by atoms with Gasteiger partial charge in [0.2, 0.25) is 0 Å². The van der Waals surface area contributed by atoms with E-state index >= 15 is 0 Å². The van der Waals surface area contributed by atoms with Gasteiger partial charge in [0, 0.05) is 16.6 Å². The standard InChI is InChI=1S/C17H29ClN2/c1-6-17(7-2,20(4)5)16(19-8-3)13-14-10-9-11-15(18)12-14/h9-12,16,19H,6-8,13H2,1-5H3. The Hall–Kier alpha value is -0.570. The van der Waals surface area contributed by atoms with Crippen LogP contribution in [0.2, 0.25) is 5.02 Å². The third-order valence-corrected chi connectivity index (χ3v) is 4.78. The van der Waals surface area contributed by atoms with E-state index in [0.717, 1.165) is 30.8 Å². The molecule has 20 heavy (non-hydrogen) atoms. The Morgan fingerprint density at radius 3 is 2.30 bits per heavy atom. The summed E-state index contributed by atoms with van der Waals surface area (Å²) >= 11 is 6.12. The summed E-state index contributed by atoms with van der Waals surface area (Å²) in [6.07, 6.45) is 3.28. The van der Waals surface area contributed by atoms with Crippen molar-refractivity contribution in [1.29, 1.82) is 0 Å². The first-order valence-corrected chi connectivity index (χ1v) is 8.03. The minimum Gasteiger partial charge on any atom is -0.312 e. The average Bonchev–Trinajstić information content (AvgIpc) is 2.40. The van der Waals surface area contributed by atoms with Crippen molar-refractivity contribution in [2.75, 3.05) is 20.6 Å². The van der Waals surface area contributed by atoms with Gasteiger partial charge in [0.05, 0.1) is 0 Å². The van der Waals surface area contributed by atoms with Crippen molar-refractivity contribution in [1.82, 2.24) is 10.2 Å². The highest BCUT2D eigenvalue weighted by molar-refractivity contribution is 6.30. The van der Waals surface area contributed by atoms with Crippen molar-refractivity contribution in [2.24, 2.45) is 0 Å². The topological polar surface area (TPSA) is 15.3 Å². The quantitative estimate of drug-likeness (QED) is 0.780. The lowest BCUT2D eigenvalue weighted by molar-refractivity contribution is 0.0889. The van der Waals surface area contributed by atoms with Crippen LogP contribution >= 0.6 is 11.6 Å². The van der Waals surface area contributed by atoms with Crippen LogP contribution in [0.3, 0.4) is 0 Å². The molecule has 3 heteroatoms. The highest BCUT2D eigenvalue weighted by atomic mass is 35.5. The van der Waals surface area contributed by atoms with E-state index in [2.05, 4.69) is 57.2 Å². The molecule has 0 saturated carbocycles. The Kier molecular flexibility index (Phi) is 7.01. The first-order chi connectivity index (χ1) is 9.50. The first-order valence-electron chi connectivity index (χ1n) is 7.65. The summed E-state index contributed by atoms with van der Waals surface area (Å²) in [6, 6.07) is 8.65. The monoisotopic (exact) mass is 296 g/mol. The third-order valence-electron chi connectivity index (χ3n) is 4.54. The number of benzene rings is 1. The number of nitrogens with one attached hydrogen (secondary N) is 1. The summed E-state index contributed by atoms with van der Waals surface area (Å²) in [5.74, 6) is 0. The molecule has 114 valence electrons. The number of hydrogen-bond donors (Lipinski definition) is 1. The van der Waals surface area contributed by atoms with E-state index in [1.807, 2.05) is 12.1 Å². The second-order valence-electron chi connectivity index (χ2n) is 5.65. The zero-order valence-electron chi connectivity index (χ0n) is 13.5. The van der Waals surface area contributed by atoms with Crippen LogP contribution in [0.5, 0.6) is 0 Å². The summed E-state index contributed by atoms with van der Waals surface area (Å²) in [4.78, 5) is 2.38. The van der Waals surface area contributed by atoms with Crippen LogP contribution in [0.15, 0.2) is 24.3 Å². The Balaban J connectivity index is 3.03. The van der Waals surface area contributed by atoms with Crippen molar-refractivity contribution < 1.29 is 0 Å². The summed E-state index contributed by atoms with van der Waals surface area (Å²) in [6.45, 7) is 7.73. The van der Waals surface area contributed by atoms with Gasteiger partial charge in [-0.3, -0.25) is 0 Å². The van der Waals surface area contributed by atoms with Crippen molar-refractivity contribution in [3.05, 3.63) is 34.9 Å². The molecule has 0 radical (unpaired) electrons. The third kappa shape index (κ3) is 3.97. The van der Waals surface area contributed by atoms with Gasteiger partial charge in [-0.25, -0.2) is 0 Å². The van der Waals surface area contributed by atoms with Crippen LogP contribution in [0, 0.1) is 0 Å². The van der Waals surface area contributed by atoms with Gasteiger partial charge in [0.1, 0.15) is 0 Å². The van der Waals surface area contributed by atoms with Gasteiger partial charge in [0.15, 0.2) is 0 Å². The lowest BCUT2D eigenvalue weighted by Crippen LogP contribution is -2.59. The van der Waals surface area contributed by atoms with Crippen molar-refractivity contribution in [3.63, 3.8) is 0 Å². The van der Waals surface area contributed by atoms with Gasteiger partial charge in [0.25, 0.3) is 0 Å². The Bertz CT molecular complexity index is 400. The molecular formula is C17H29ClN2. The summed E-state index contributed by atoms with van der Waals surface area (Å²) in [5, 5.41) is 4.51. The number of hydrogen-bond acceptors (Lipinski definition) is 2. The van der Waals surface area contributed by atoms with E-state index in [-0.39, 0.29) is 5.54 Å². The van der Waals surface area contributed by atoms with Gasteiger partial charge >= 0.3 is 0 Å². The highest BCUT2D eigenvalue weighted by Crippen LogP contribution is 2.28. The number of nitrogens with zero attached hydrogens (tertiary/aromatic N) is 1. The van der Waals surface area contributed by atoms with Crippen LogP contribution in [-0.2, 0) is 6.42 Å². The Morgan fingerprint density at radius 1 is 1.20 bits per heavy atom. The zero-order chi connectivity index (χ0) is 15.2. The van der Waals surface area contributed by atoms with E-state index in [0.29, 0.717) is 6.04 Å². The Morgan fingerprint density at radius 2 is 1.85 bits per heavy atom. The molecule has 0 saturated heterocycles. The second-order valence-corrected chi connectivity index (χ2v) is 6.09. The molecule has 0 aliphatic rings. The summed E-state index contributed by atoms with van der Waals surface area (Å²) in [7, 11) is 4.38. The largest absolute Gasteiger partial charge is 0.312 e. The molecule has 0 bridgehead atoms. The fraction of sp³-hybridized carbons (Fsp3) is 0.647. The molecule has 0 aliphatic heterocycles. The molecule has 1 atom stereocenters. The van der Waals surface area contributed by atoms with Gasteiger partial charge in [-0.15, -0.1) is 0 Å². The number of halogens is 1. The molecular weight excluding hydrogens is 268 g/mol. The molecule has 0 heterocycles. The molecule has 0 amide bonds. The lowest BCUT2D eigenvalue weighted by atomic mass is 9.80. The predicted octanol–water partition coefficient (Wildman–Crippen LogP) is 3.98. The van der Waals surface area contributed by atoms with Crippen LogP contribution in [-0.4, -0.2) is 37.1 Å². The maximum atomic E-state index is 6.12. The van der Waals surface area contributed by atoms with E-state index in [4.69, 9.17) is 11.6 Å². The van der Waals surface area contributed by atoms with E-state index < -0.39 is 0 Å². The fourth-order valence-electron chi connectivity index (χ4n) is 3.29. The van der Waals surface area contributed by atoms with E-state index in [1.54, 1.807) is 0 Å². The lowest BCUT2D eigenvalue weighted by Gasteiger charge is -2.45. The smallest absolute Gasteiger partial charge is 0.0408 e. The van der Waals surface area contributed by atoms with Crippen molar-refractivity contribution in [3.8, 4) is 0 Å². The molecule has 1 unspecified atom stereocenters. The fourth-order valence-corrected chi connectivity index (χ4v) is 3.50. The van der Waals surface area contributed by atoms with Crippen LogP contribution in [0.25, 0.3) is 0 Å². The van der Waals surface area contributed by atoms with Crippen molar-refractivity contribution >= 4 is 11.6 Å². The van der Waals surface area contributed by atoms with Crippen molar-refractivity contribution in [2.45, 2.75) is 51.6 Å². The van der Waals surface area contributed by atoms with E-state index in [1.165, 1.54) is 5.56 Å². The number of rotatable bonds is 8. The molecule has 1 N–H and O–H groups in total. The van der Waals surface area contributed by atoms with E-state index in [9.17, 15) is 0 Å². The maximum Gasteiger partial charge on any atom is 0.0408 e. The zero-order valence-corrected chi connectivity index (χ0v) is 14.3. The molecule has 1 aromatic carbocycles. The first kappa shape index (κ1) is 17.5. The molecule has 0 spiro atoms. The predicted molar refractivity (Wildman–Crippen MR) is 89.6 cm³/mol. The summed E-state index contributed by atoms with van der Waals surface area (Å²) in [5.41, 5.74) is 1.48. The second kappa shape index (κ2) is 8.02. The molecule has 0 aliphatic carbocycles. The highest BCUT2D eigenvalue weighted by Gasteiger charge is 2.37. The van der Waals surface area contributed by atoms with Gasteiger partial charge in [-0.2, -0.15) is 0 Å². The minimum absolute atomic E-state index is 0.179. The van der Waals surface area contributed by atoms with Crippen LogP contribution < -0.4 is 5.32 Å². The Labute approximate surface area is 129 Å². The maximum absolute atomic E-state index is 6.12. The normalized spacial score (nSPS) is 13.8. The average molecular weight is 297 g/mol. The van der Waals surface area contributed by atoms with Gasteiger partial charge < -0.3 is 10.2 Å². The van der Waals surface area contributed by atoms with Crippen LogP contribution in [0.1, 0.15) is 39.2 Å². The number of likely N-dealkylation sites (N-methyl/N-ethyl adjacent to an activating group) is 2. The molecule has 0 aromatic heterocycles. The molecule has 1 aromatic rings. The van der Waals surface area contributed by atoms with Gasteiger partial charge in [-0.05, 0) is 57.6 Å². The SMILES string of the molecule is CCNC(Cc1cccc(Cl)c1)C(CC)(CC)N(C)C. The minimum atomic E-state index is 0.179. The molecule has 2 nitrogen and oxygen atoms in total. The van der Waals surface area contributed by atoms with Gasteiger partial charge in [-0.1, -0.05) is 44.5 Å².